The first-order valence-corrected chi connectivity index (χ1v) is 7.75. The first-order chi connectivity index (χ1) is 9.93. The van der Waals surface area contributed by atoms with Crippen LogP contribution in [-0.4, -0.2) is 37.0 Å². The van der Waals surface area contributed by atoms with Gasteiger partial charge in [-0.05, 0) is 36.6 Å². The quantitative estimate of drug-likeness (QED) is 0.868. The first-order valence-electron chi connectivity index (χ1n) is 6.99. The molecular formula is C15H21Cl3N2O2. The Bertz CT molecular complexity index is 528. The third-order valence-electron chi connectivity index (χ3n) is 3.87. The summed E-state index contributed by atoms with van der Waals surface area (Å²) < 4.78 is 5.54. The number of amides is 1. The Morgan fingerprint density at radius 3 is 2.77 bits per heavy atom. The molecule has 1 aromatic rings. The molecule has 1 heterocycles. The molecule has 1 aromatic carbocycles. The van der Waals surface area contributed by atoms with Gasteiger partial charge in [-0.15, -0.1) is 12.4 Å². The average molecular weight is 368 g/mol. The van der Waals surface area contributed by atoms with E-state index in [4.69, 9.17) is 33.7 Å². The van der Waals surface area contributed by atoms with Gasteiger partial charge >= 0.3 is 0 Å². The van der Waals surface area contributed by atoms with Crippen LogP contribution in [0.15, 0.2) is 18.2 Å². The number of carbonyl (C=O) groups is 1. The van der Waals surface area contributed by atoms with E-state index in [9.17, 15) is 4.79 Å². The first kappa shape index (κ1) is 19.4. The molecule has 1 unspecified atom stereocenters. The highest BCUT2D eigenvalue weighted by molar-refractivity contribution is 6.35. The fraction of sp³-hybridized carbons (Fsp3) is 0.533. The normalized spacial score (nSPS) is 20.6. The fourth-order valence-corrected chi connectivity index (χ4v) is 2.86. The summed E-state index contributed by atoms with van der Waals surface area (Å²) >= 11 is 11.8. The number of hydrogen-bond acceptors (Lipinski definition) is 3. The number of hydrogen-bond donors (Lipinski definition) is 1. The lowest BCUT2D eigenvalue weighted by Crippen LogP contribution is -2.35. The molecule has 1 amide bonds. The Hall–Kier alpha value is -0.680. The van der Waals surface area contributed by atoms with Crippen LogP contribution in [-0.2, 0) is 4.79 Å². The molecule has 4 nitrogen and oxygen atoms in total. The summed E-state index contributed by atoms with van der Waals surface area (Å²) in [4.78, 5) is 14.0. The topological polar surface area (TPSA) is 55.6 Å². The Morgan fingerprint density at radius 1 is 1.45 bits per heavy atom. The van der Waals surface area contributed by atoms with E-state index in [1.807, 2.05) is 4.90 Å². The van der Waals surface area contributed by atoms with E-state index in [0.717, 1.165) is 19.5 Å². The summed E-state index contributed by atoms with van der Waals surface area (Å²) in [6, 6.07) is 5.03. The van der Waals surface area contributed by atoms with Crippen molar-refractivity contribution in [3.05, 3.63) is 28.2 Å². The number of carbonyl (C=O) groups excluding carboxylic acids is 1. The van der Waals surface area contributed by atoms with Crippen molar-refractivity contribution < 1.29 is 9.53 Å². The Morgan fingerprint density at radius 2 is 2.18 bits per heavy atom. The molecule has 2 rings (SSSR count). The van der Waals surface area contributed by atoms with Gasteiger partial charge in [-0.1, -0.05) is 30.1 Å². The molecule has 0 saturated carbocycles. The van der Waals surface area contributed by atoms with Gasteiger partial charge in [0.1, 0.15) is 5.75 Å². The largest absolute Gasteiger partial charge is 0.491 e. The third-order valence-corrected chi connectivity index (χ3v) is 4.40. The van der Waals surface area contributed by atoms with Crippen molar-refractivity contribution in [2.24, 2.45) is 11.1 Å². The second-order valence-corrected chi connectivity index (χ2v) is 6.60. The highest BCUT2D eigenvalue weighted by Crippen LogP contribution is 2.29. The van der Waals surface area contributed by atoms with Gasteiger partial charge in [-0.25, -0.2) is 0 Å². The van der Waals surface area contributed by atoms with E-state index >= 15 is 0 Å². The van der Waals surface area contributed by atoms with Crippen LogP contribution in [0.25, 0.3) is 0 Å². The number of halogens is 3. The van der Waals surface area contributed by atoms with E-state index in [1.54, 1.807) is 18.2 Å². The van der Waals surface area contributed by atoms with E-state index < -0.39 is 0 Å². The molecule has 124 valence electrons. The predicted molar refractivity (Wildman–Crippen MR) is 92.2 cm³/mol. The number of ether oxygens (including phenoxy) is 1. The average Bonchev–Trinajstić information content (AvgIpc) is 2.85. The maximum atomic E-state index is 12.1. The summed E-state index contributed by atoms with van der Waals surface area (Å²) in [6.45, 7) is 4.52. The predicted octanol–water partition coefficient (Wildman–Crippen LogP) is 3.38. The second kappa shape index (κ2) is 8.25. The van der Waals surface area contributed by atoms with Gasteiger partial charge in [-0.3, -0.25) is 4.79 Å². The van der Waals surface area contributed by atoms with E-state index in [1.165, 1.54) is 0 Å². The standard InChI is InChI=1S/C15H20Cl2N2O2.ClH/c1-15(9-18)5-6-19(10-15)14(20)4-7-21-13-3-2-11(16)8-12(13)17;/h2-3,8H,4-7,9-10,18H2,1H3;1H. The highest BCUT2D eigenvalue weighted by atomic mass is 35.5. The number of nitrogens with zero attached hydrogens (tertiary/aromatic N) is 1. The molecule has 1 aliphatic heterocycles. The van der Waals surface area contributed by atoms with Crippen LogP contribution in [0, 0.1) is 5.41 Å². The van der Waals surface area contributed by atoms with Gasteiger partial charge in [0.05, 0.1) is 18.1 Å². The number of rotatable bonds is 5. The van der Waals surface area contributed by atoms with E-state index in [2.05, 4.69) is 6.92 Å². The summed E-state index contributed by atoms with van der Waals surface area (Å²) in [6.07, 6.45) is 1.29. The molecule has 1 saturated heterocycles. The maximum Gasteiger partial charge on any atom is 0.226 e. The molecular weight excluding hydrogens is 347 g/mol. The van der Waals surface area contributed by atoms with Crippen molar-refractivity contribution >= 4 is 41.5 Å². The summed E-state index contributed by atoms with van der Waals surface area (Å²) in [5.41, 5.74) is 5.80. The van der Waals surface area contributed by atoms with Crippen LogP contribution < -0.4 is 10.5 Å². The van der Waals surface area contributed by atoms with Crippen LogP contribution in [0.5, 0.6) is 5.75 Å². The van der Waals surface area contributed by atoms with Crippen molar-refractivity contribution in [1.82, 2.24) is 4.90 Å². The van der Waals surface area contributed by atoms with Crippen LogP contribution in [0.1, 0.15) is 19.8 Å². The minimum absolute atomic E-state index is 0. The summed E-state index contributed by atoms with van der Waals surface area (Å²) in [7, 11) is 0. The van der Waals surface area contributed by atoms with Crippen molar-refractivity contribution in [3.8, 4) is 5.75 Å². The third kappa shape index (κ3) is 4.92. The van der Waals surface area contributed by atoms with Gasteiger partial charge in [0.15, 0.2) is 0 Å². The summed E-state index contributed by atoms with van der Waals surface area (Å²) in [5.74, 6) is 0.638. The zero-order valence-electron chi connectivity index (χ0n) is 12.5. The number of nitrogens with two attached hydrogens (primary N) is 1. The van der Waals surface area contributed by atoms with Gasteiger partial charge in [0.2, 0.25) is 5.91 Å². The van der Waals surface area contributed by atoms with Crippen molar-refractivity contribution in [1.29, 1.82) is 0 Å². The zero-order chi connectivity index (χ0) is 15.5. The van der Waals surface area contributed by atoms with Crippen LogP contribution in [0.2, 0.25) is 10.0 Å². The lowest BCUT2D eigenvalue weighted by molar-refractivity contribution is -0.131. The Labute approximate surface area is 147 Å². The molecule has 2 N–H and O–H groups in total. The smallest absolute Gasteiger partial charge is 0.226 e. The molecule has 0 spiro atoms. The molecule has 0 radical (unpaired) electrons. The molecule has 1 aliphatic rings. The monoisotopic (exact) mass is 366 g/mol. The molecule has 7 heteroatoms. The highest BCUT2D eigenvalue weighted by Gasteiger charge is 2.34. The van der Waals surface area contributed by atoms with Crippen LogP contribution >= 0.6 is 35.6 Å². The zero-order valence-corrected chi connectivity index (χ0v) is 14.8. The van der Waals surface area contributed by atoms with Crippen LogP contribution in [0.3, 0.4) is 0 Å². The Kier molecular flexibility index (Phi) is 7.26. The van der Waals surface area contributed by atoms with Crippen molar-refractivity contribution in [2.75, 3.05) is 26.2 Å². The lowest BCUT2D eigenvalue weighted by Gasteiger charge is -2.22. The molecule has 0 bridgehead atoms. The van der Waals surface area contributed by atoms with Gasteiger partial charge < -0.3 is 15.4 Å². The molecule has 1 atom stereocenters. The van der Waals surface area contributed by atoms with Gasteiger partial charge in [0, 0.05) is 18.1 Å². The second-order valence-electron chi connectivity index (χ2n) is 5.75. The molecule has 22 heavy (non-hydrogen) atoms. The minimum Gasteiger partial charge on any atom is -0.491 e. The minimum atomic E-state index is 0. The molecule has 1 fully saturated rings. The Balaban J connectivity index is 0.00000242. The number of likely N-dealkylation sites (tertiary alicyclic amines) is 1. The van der Waals surface area contributed by atoms with E-state index in [-0.39, 0.29) is 23.7 Å². The fourth-order valence-electron chi connectivity index (χ4n) is 2.40. The van der Waals surface area contributed by atoms with Crippen LogP contribution in [0.4, 0.5) is 0 Å². The summed E-state index contributed by atoms with van der Waals surface area (Å²) in [5, 5.41) is 1.01. The van der Waals surface area contributed by atoms with Crippen molar-refractivity contribution in [2.45, 2.75) is 19.8 Å². The maximum absolute atomic E-state index is 12.1. The van der Waals surface area contributed by atoms with Crippen molar-refractivity contribution in [3.63, 3.8) is 0 Å². The SMILES string of the molecule is CC1(CN)CCN(C(=O)CCOc2ccc(Cl)cc2Cl)C1.Cl. The lowest BCUT2D eigenvalue weighted by atomic mass is 9.90. The molecule has 0 aromatic heterocycles. The molecule has 0 aliphatic carbocycles. The number of benzene rings is 1. The van der Waals surface area contributed by atoms with Gasteiger partial charge in [0.25, 0.3) is 0 Å². The van der Waals surface area contributed by atoms with Gasteiger partial charge in [-0.2, -0.15) is 0 Å². The van der Waals surface area contributed by atoms with E-state index in [0.29, 0.717) is 35.4 Å².